The monoisotopic (exact) mass is 430 g/mol. The first-order valence-electron chi connectivity index (χ1n) is 8.87. The molecule has 0 saturated heterocycles. The van der Waals surface area contributed by atoms with E-state index in [1.165, 1.54) is 60.5 Å². The third-order valence-corrected chi connectivity index (χ3v) is 9.61. The molecule has 0 N–H and O–H groups in total. The van der Waals surface area contributed by atoms with Gasteiger partial charge in [-0.2, -0.15) is 0 Å². The molecule has 0 aliphatic carbocycles. The zero-order chi connectivity index (χ0) is 18.4. The van der Waals surface area contributed by atoms with Gasteiger partial charge in [0.15, 0.2) is 6.29 Å². The number of aldehydes is 1. The Kier molecular flexibility index (Phi) is 3.00. The summed E-state index contributed by atoms with van der Waals surface area (Å²) in [6.45, 7) is 0. The largest absolute Gasteiger partial charge is 0.297 e. The SMILES string of the molecule is O=Cc1cc2c(ccc3sc4ccc5sc6ccc7sccc7c6c5c4c32)s1. The fraction of sp³-hybridized carbons (Fsp3) is 0. The summed E-state index contributed by atoms with van der Waals surface area (Å²) in [5, 5.41) is 10.2. The van der Waals surface area contributed by atoms with Crippen LogP contribution in [0.15, 0.2) is 53.9 Å². The highest BCUT2D eigenvalue weighted by Crippen LogP contribution is 2.49. The number of rotatable bonds is 1. The van der Waals surface area contributed by atoms with Gasteiger partial charge in [0, 0.05) is 60.5 Å². The molecule has 3 aromatic carbocycles. The van der Waals surface area contributed by atoms with Crippen molar-refractivity contribution in [2.75, 3.05) is 0 Å². The molecule has 0 radical (unpaired) electrons. The molecule has 0 saturated carbocycles. The highest BCUT2D eigenvalue weighted by Gasteiger charge is 2.18. The maximum absolute atomic E-state index is 11.4. The van der Waals surface area contributed by atoms with Crippen LogP contribution in [-0.2, 0) is 0 Å². The molecule has 1 nitrogen and oxygen atoms in total. The van der Waals surface area contributed by atoms with Gasteiger partial charge in [0.25, 0.3) is 0 Å². The highest BCUT2D eigenvalue weighted by atomic mass is 32.1. The second-order valence-electron chi connectivity index (χ2n) is 6.90. The number of hydrogen-bond acceptors (Lipinski definition) is 5. The third-order valence-electron chi connectivity index (χ3n) is 5.46. The van der Waals surface area contributed by atoms with Gasteiger partial charge in [-0.15, -0.1) is 45.3 Å². The van der Waals surface area contributed by atoms with Gasteiger partial charge in [-0.05, 0) is 53.9 Å². The number of benzene rings is 3. The quantitative estimate of drug-likeness (QED) is 0.238. The van der Waals surface area contributed by atoms with Gasteiger partial charge in [-0.1, -0.05) is 0 Å². The molecule has 132 valence electrons. The Bertz CT molecular complexity index is 1740. The molecule has 4 heterocycles. The zero-order valence-corrected chi connectivity index (χ0v) is 17.6. The van der Waals surface area contributed by atoms with E-state index in [9.17, 15) is 4.79 Å². The van der Waals surface area contributed by atoms with Crippen molar-refractivity contribution in [3.8, 4) is 0 Å². The van der Waals surface area contributed by atoms with Gasteiger partial charge >= 0.3 is 0 Å². The van der Waals surface area contributed by atoms with Crippen molar-refractivity contribution in [3.05, 3.63) is 58.8 Å². The molecule has 5 heteroatoms. The van der Waals surface area contributed by atoms with Crippen LogP contribution in [0.5, 0.6) is 0 Å². The van der Waals surface area contributed by atoms with Gasteiger partial charge in [-0.25, -0.2) is 0 Å². The van der Waals surface area contributed by atoms with Crippen LogP contribution in [-0.4, -0.2) is 6.29 Å². The second kappa shape index (κ2) is 5.39. The van der Waals surface area contributed by atoms with Crippen LogP contribution in [0.2, 0.25) is 0 Å². The van der Waals surface area contributed by atoms with E-state index in [2.05, 4.69) is 53.9 Å². The molecule has 7 aromatic rings. The molecule has 0 aliphatic rings. The average molecular weight is 431 g/mol. The summed E-state index contributed by atoms with van der Waals surface area (Å²) < 4.78 is 7.82. The van der Waals surface area contributed by atoms with E-state index in [0.29, 0.717) is 0 Å². The van der Waals surface area contributed by atoms with Crippen LogP contribution in [0.3, 0.4) is 0 Å². The van der Waals surface area contributed by atoms with Gasteiger partial charge in [0.1, 0.15) is 0 Å². The van der Waals surface area contributed by atoms with Gasteiger partial charge < -0.3 is 0 Å². The maximum atomic E-state index is 11.4. The Hall–Kier alpha value is -2.31. The normalized spacial score (nSPS) is 12.4. The summed E-state index contributed by atoms with van der Waals surface area (Å²) in [5.41, 5.74) is 0. The van der Waals surface area contributed by atoms with Gasteiger partial charge in [0.05, 0.1) is 4.88 Å². The summed E-state index contributed by atoms with van der Waals surface area (Å²) >= 11 is 7.11. The second-order valence-corrected chi connectivity index (χ2v) is 11.1. The third kappa shape index (κ3) is 1.87. The lowest BCUT2D eigenvalue weighted by Crippen LogP contribution is -1.73. The first-order valence-corrected chi connectivity index (χ1v) is 12.2. The lowest BCUT2D eigenvalue weighted by atomic mass is 10.0. The fourth-order valence-corrected chi connectivity index (χ4v) is 8.29. The predicted octanol–water partition coefficient (Wildman–Crippen LogP) is 8.66. The Balaban J connectivity index is 1.84. The zero-order valence-electron chi connectivity index (χ0n) is 14.3. The summed E-state index contributed by atoms with van der Waals surface area (Å²) in [6.07, 6.45) is 0.968. The summed E-state index contributed by atoms with van der Waals surface area (Å²) in [5.74, 6) is 0. The van der Waals surface area contributed by atoms with E-state index in [0.717, 1.165) is 11.2 Å². The van der Waals surface area contributed by atoms with E-state index < -0.39 is 0 Å². The van der Waals surface area contributed by atoms with Crippen molar-refractivity contribution >= 4 is 112 Å². The number of thiophene rings is 4. The van der Waals surface area contributed by atoms with E-state index in [4.69, 9.17) is 0 Å². The van der Waals surface area contributed by atoms with Crippen LogP contribution < -0.4 is 0 Å². The average Bonchev–Trinajstić information content (AvgIpc) is 3.46. The summed E-state index contributed by atoms with van der Waals surface area (Å²) in [6, 6.07) is 17.7. The van der Waals surface area contributed by atoms with Crippen molar-refractivity contribution in [3.63, 3.8) is 0 Å². The molecule has 0 fully saturated rings. The Morgan fingerprint density at radius 1 is 0.571 bits per heavy atom. The number of carbonyl (C=O) groups is 1. The summed E-state index contributed by atoms with van der Waals surface area (Å²) in [4.78, 5) is 12.2. The molecule has 0 amide bonds. The molecule has 0 spiro atoms. The predicted molar refractivity (Wildman–Crippen MR) is 128 cm³/mol. The van der Waals surface area contributed by atoms with Crippen molar-refractivity contribution in [1.29, 1.82) is 0 Å². The number of fused-ring (bicyclic) bond motifs is 11. The number of hydrogen-bond donors (Lipinski definition) is 0. The van der Waals surface area contributed by atoms with Crippen LogP contribution >= 0.6 is 45.3 Å². The van der Waals surface area contributed by atoms with Crippen molar-refractivity contribution in [2.45, 2.75) is 0 Å². The topological polar surface area (TPSA) is 17.1 Å². The molecule has 4 aromatic heterocycles. The van der Waals surface area contributed by atoms with Gasteiger partial charge in [-0.3, -0.25) is 4.79 Å². The first kappa shape index (κ1) is 15.6. The molecule has 0 atom stereocenters. The summed E-state index contributed by atoms with van der Waals surface area (Å²) in [7, 11) is 0. The van der Waals surface area contributed by atoms with Crippen molar-refractivity contribution in [1.82, 2.24) is 0 Å². The van der Waals surface area contributed by atoms with E-state index in [-0.39, 0.29) is 0 Å². The Labute approximate surface area is 175 Å². The molecule has 28 heavy (non-hydrogen) atoms. The lowest BCUT2D eigenvalue weighted by Gasteiger charge is -2.00. The van der Waals surface area contributed by atoms with Crippen LogP contribution in [0.25, 0.3) is 60.5 Å². The van der Waals surface area contributed by atoms with E-state index >= 15 is 0 Å². The van der Waals surface area contributed by atoms with E-state index in [1.807, 2.05) is 22.7 Å². The molecule has 0 aliphatic heterocycles. The van der Waals surface area contributed by atoms with Crippen molar-refractivity contribution < 1.29 is 4.79 Å². The smallest absolute Gasteiger partial charge is 0.160 e. The Morgan fingerprint density at radius 2 is 1.14 bits per heavy atom. The molecule has 0 bridgehead atoms. The lowest BCUT2D eigenvalue weighted by molar-refractivity contribution is 0.112. The highest BCUT2D eigenvalue weighted by molar-refractivity contribution is 7.28. The maximum Gasteiger partial charge on any atom is 0.160 e. The molecular weight excluding hydrogens is 421 g/mol. The van der Waals surface area contributed by atoms with Crippen molar-refractivity contribution in [2.24, 2.45) is 0 Å². The molecular formula is C23H10OS4. The minimum atomic E-state index is 0.796. The van der Waals surface area contributed by atoms with Crippen LogP contribution in [0.1, 0.15) is 9.67 Å². The van der Waals surface area contributed by atoms with E-state index in [1.54, 1.807) is 22.7 Å². The molecule has 7 rings (SSSR count). The molecule has 0 unspecified atom stereocenters. The minimum absolute atomic E-state index is 0.796. The van der Waals surface area contributed by atoms with Crippen LogP contribution in [0.4, 0.5) is 0 Å². The standard InChI is InChI=1S/C23H10OS4/c24-10-11-9-13-15(26-11)2-4-17-21(13)23-19(28-17)6-5-18-22(23)20-12-7-8-25-14(12)1-3-16(20)27-18/h1-10H. The van der Waals surface area contributed by atoms with Crippen LogP contribution in [0, 0.1) is 0 Å². The fourth-order valence-electron chi connectivity index (χ4n) is 4.35. The number of carbonyl (C=O) groups excluding carboxylic acids is 1. The minimum Gasteiger partial charge on any atom is -0.297 e. The van der Waals surface area contributed by atoms with Gasteiger partial charge in [0.2, 0.25) is 0 Å². The Morgan fingerprint density at radius 3 is 1.82 bits per heavy atom. The first-order chi connectivity index (χ1) is 13.8.